The molecule has 1 aliphatic carbocycles. The lowest BCUT2D eigenvalue weighted by atomic mass is 9.87. The predicted octanol–water partition coefficient (Wildman–Crippen LogP) is 2.98. The average molecular weight is 354 g/mol. The monoisotopic (exact) mass is 354 g/mol. The zero-order valence-corrected chi connectivity index (χ0v) is 15.0. The molecule has 7 heteroatoms. The van der Waals surface area contributed by atoms with E-state index in [4.69, 9.17) is 0 Å². The molecule has 0 bridgehead atoms. The minimum atomic E-state index is -3.57. The summed E-state index contributed by atoms with van der Waals surface area (Å²) in [7, 11) is -3.57. The highest BCUT2D eigenvalue weighted by atomic mass is 32.2. The molecule has 2 N–H and O–H groups in total. The lowest BCUT2D eigenvalue weighted by molar-refractivity contribution is -0.115. The maximum atomic E-state index is 12.6. The Morgan fingerprint density at radius 2 is 1.96 bits per heavy atom. The second-order valence-corrected chi connectivity index (χ2v) is 9.49. The van der Waals surface area contributed by atoms with E-state index in [-0.39, 0.29) is 22.1 Å². The first-order chi connectivity index (χ1) is 10.9. The number of thioether (sulfide) groups is 1. The highest BCUT2D eigenvalue weighted by molar-refractivity contribution is 8.01. The highest BCUT2D eigenvalue weighted by Gasteiger charge is 2.29. The number of anilines is 1. The lowest BCUT2D eigenvalue weighted by Gasteiger charge is -2.29. The Balaban J connectivity index is 1.83. The molecule has 23 heavy (non-hydrogen) atoms. The SMILES string of the molecule is CC1Sc2ccc(S(=O)(=O)NC3CCCCC3C)cc2NC1=O. The van der Waals surface area contributed by atoms with Crippen molar-refractivity contribution in [2.75, 3.05) is 5.32 Å². The van der Waals surface area contributed by atoms with Gasteiger partial charge in [0.15, 0.2) is 0 Å². The summed E-state index contributed by atoms with van der Waals surface area (Å²) in [5.41, 5.74) is 0.581. The van der Waals surface area contributed by atoms with Crippen molar-refractivity contribution in [2.24, 2.45) is 5.92 Å². The van der Waals surface area contributed by atoms with Gasteiger partial charge in [0, 0.05) is 10.9 Å². The molecular weight excluding hydrogens is 332 g/mol. The molecule has 1 heterocycles. The molecule has 2 aliphatic rings. The zero-order valence-electron chi connectivity index (χ0n) is 13.3. The van der Waals surface area contributed by atoms with E-state index in [9.17, 15) is 13.2 Å². The summed E-state index contributed by atoms with van der Waals surface area (Å²) in [6, 6.07) is 4.94. The van der Waals surface area contributed by atoms with Crippen LogP contribution in [0.3, 0.4) is 0 Å². The average Bonchev–Trinajstić information content (AvgIpc) is 2.50. The van der Waals surface area contributed by atoms with Gasteiger partial charge in [-0.2, -0.15) is 0 Å². The molecule has 1 saturated carbocycles. The van der Waals surface area contributed by atoms with Crippen LogP contribution in [0.15, 0.2) is 28.0 Å². The summed E-state index contributed by atoms with van der Waals surface area (Å²) in [5, 5.41) is 2.62. The Kier molecular flexibility index (Phi) is 4.71. The first kappa shape index (κ1) is 16.8. The van der Waals surface area contributed by atoms with Gasteiger partial charge < -0.3 is 5.32 Å². The molecule has 5 nitrogen and oxygen atoms in total. The number of nitrogens with one attached hydrogen (secondary N) is 2. The van der Waals surface area contributed by atoms with E-state index >= 15 is 0 Å². The Bertz CT molecular complexity index is 718. The number of sulfonamides is 1. The Morgan fingerprint density at radius 1 is 1.22 bits per heavy atom. The fourth-order valence-corrected chi connectivity index (χ4v) is 5.45. The van der Waals surface area contributed by atoms with E-state index in [1.807, 2.05) is 6.92 Å². The second kappa shape index (κ2) is 6.45. The van der Waals surface area contributed by atoms with Gasteiger partial charge in [-0.15, -0.1) is 11.8 Å². The van der Waals surface area contributed by atoms with Crippen LogP contribution in [-0.2, 0) is 14.8 Å². The minimum absolute atomic E-state index is 0.00577. The molecule has 3 atom stereocenters. The van der Waals surface area contributed by atoms with E-state index < -0.39 is 10.0 Å². The second-order valence-electron chi connectivity index (χ2n) is 6.40. The fraction of sp³-hybridized carbons (Fsp3) is 0.562. The topological polar surface area (TPSA) is 75.3 Å². The van der Waals surface area contributed by atoms with E-state index in [1.165, 1.54) is 18.2 Å². The maximum absolute atomic E-state index is 12.6. The summed E-state index contributed by atoms with van der Waals surface area (Å²) >= 11 is 1.45. The number of hydrogen-bond acceptors (Lipinski definition) is 4. The first-order valence-corrected chi connectivity index (χ1v) is 10.4. The quantitative estimate of drug-likeness (QED) is 0.875. The minimum Gasteiger partial charge on any atom is -0.324 e. The zero-order chi connectivity index (χ0) is 16.6. The van der Waals surface area contributed by atoms with Gasteiger partial charge in [-0.05, 0) is 43.9 Å². The molecule has 1 aliphatic heterocycles. The molecule has 1 aromatic rings. The van der Waals surface area contributed by atoms with Crippen molar-refractivity contribution in [3.05, 3.63) is 18.2 Å². The van der Waals surface area contributed by atoms with Crippen molar-refractivity contribution >= 4 is 33.4 Å². The number of fused-ring (bicyclic) bond motifs is 1. The maximum Gasteiger partial charge on any atom is 0.240 e. The summed E-state index contributed by atoms with van der Waals surface area (Å²) in [5.74, 6) is 0.262. The Morgan fingerprint density at radius 3 is 2.70 bits per heavy atom. The van der Waals surface area contributed by atoms with Crippen molar-refractivity contribution in [1.29, 1.82) is 0 Å². The van der Waals surface area contributed by atoms with E-state index in [0.29, 0.717) is 11.6 Å². The summed E-state index contributed by atoms with van der Waals surface area (Å²) in [4.78, 5) is 12.9. The summed E-state index contributed by atoms with van der Waals surface area (Å²) in [6.07, 6.45) is 4.17. The standard InChI is InChI=1S/C16H22N2O3S2/c1-10-5-3-4-6-13(10)18-23(20,21)12-7-8-15-14(9-12)17-16(19)11(2)22-15/h7-11,13,18H,3-6H2,1-2H3,(H,17,19). The van der Waals surface area contributed by atoms with Gasteiger partial charge in [0.1, 0.15) is 0 Å². The molecule has 0 spiro atoms. The van der Waals surface area contributed by atoms with Crippen LogP contribution < -0.4 is 10.0 Å². The molecular formula is C16H22N2O3S2. The number of amides is 1. The first-order valence-electron chi connectivity index (χ1n) is 8.01. The Hall–Kier alpha value is -1.05. The molecule has 3 unspecified atom stereocenters. The summed E-state index contributed by atoms with van der Waals surface area (Å²) < 4.78 is 28.1. The van der Waals surface area contributed by atoms with Crippen molar-refractivity contribution in [3.63, 3.8) is 0 Å². The van der Waals surface area contributed by atoms with Crippen LogP contribution in [0.2, 0.25) is 0 Å². The molecule has 126 valence electrons. The van der Waals surface area contributed by atoms with Crippen LogP contribution in [0.5, 0.6) is 0 Å². The smallest absolute Gasteiger partial charge is 0.240 e. The van der Waals surface area contributed by atoms with Crippen LogP contribution in [0.1, 0.15) is 39.5 Å². The Labute approximate surface area is 141 Å². The number of benzene rings is 1. The molecule has 0 saturated heterocycles. The van der Waals surface area contributed by atoms with Crippen LogP contribution >= 0.6 is 11.8 Å². The van der Waals surface area contributed by atoms with Gasteiger partial charge in [0.05, 0.1) is 15.8 Å². The van der Waals surface area contributed by atoms with Crippen molar-refractivity contribution in [2.45, 2.75) is 60.6 Å². The van der Waals surface area contributed by atoms with Gasteiger partial charge in [0.2, 0.25) is 15.9 Å². The molecule has 1 amide bonds. The van der Waals surface area contributed by atoms with Crippen LogP contribution in [0.25, 0.3) is 0 Å². The van der Waals surface area contributed by atoms with Gasteiger partial charge in [-0.3, -0.25) is 4.79 Å². The van der Waals surface area contributed by atoms with Crippen LogP contribution in [0.4, 0.5) is 5.69 Å². The molecule has 1 aromatic carbocycles. The number of carbonyl (C=O) groups is 1. The highest BCUT2D eigenvalue weighted by Crippen LogP contribution is 2.37. The van der Waals surface area contributed by atoms with Crippen LogP contribution in [0, 0.1) is 5.92 Å². The van der Waals surface area contributed by atoms with Crippen molar-refractivity contribution in [3.8, 4) is 0 Å². The number of rotatable bonds is 3. The molecule has 3 rings (SSSR count). The van der Waals surface area contributed by atoms with Gasteiger partial charge >= 0.3 is 0 Å². The summed E-state index contributed by atoms with van der Waals surface area (Å²) in [6.45, 7) is 3.93. The van der Waals surface area contributed by atoms with Gasteiger partial charge in [0.25, 0.3) is 0 Å². The number of hydrogen-bond donors (Lipinski definition) is 2. The van der Waals surface area contributed by atoms with E-state index in [0.717, 1.165) is 24.2 Å². The third kappa shape index (κ3) is 3.56. The normalized spacial score (nSPS) is 28.1. The third-order valence-corrected chi connectivity index (χ3v) is 7.28. The van der Waals surface area contributed by atoms with Gasteiger partial charge in [-0.25, -0.2) is 13.1 Å². The fourth-order valence-electron chi connectivity index (χ4n) is 3.11. The predicted molar refractivity (Wildman–Crippen MR) is 92.1 cm³/mol. The van der Waals surface area contributed by atoms with E-state index in [2.05, 4.69) is 17.0 Å². The third-order valence-electron chi connectivity index (χ3n) is 4.61. The number of carbonyl (C=O) groups excluding carboxylic acids is 1. The molecule has 1 fully saturated rings. The van der Waals surface area contributed by atoms with E-state index in [1.54, 1.807) is 18.2 Å². The van der Waals surface area contributed by atoms with Gasteiger partial charge in [-0.1, -0.05) is 19.8 Å². The lowest BCUT2D eigenvalue weighted by Crippen LogP contribution is -2.41. The van der Waals surface area contributed by atoms with Crippen LogP contribution in [-0.4, -0.2) is 25.6 Å². The largest absolute Gasteiger partial charge is 0.324 e. The van der Waals surface area contributed by atoms with Crippen molar-refractivity contribution < 1.29 is 13.2 Å². The molecule has 0 radical (unpaired) electrons. The van der Waals surface area contributed by atoms with Crippen molar-refractivity contribution in [1.82, 2.24) is 4.72 Å². The molecule has 0 aromatic heterocycles.